The molecule has 2 aliphatic heterocycles. The molecule has 2 saturated heterocycles. The Morgan fingerprint density at radius 1 is 0.828 bits per heavy atom. The van der Waals surface area contributed by atoms with Crippen molar-refractivity contribution in [2.75, 3.05) is 36.0 Å². The number of hydrogen-bond acceptors (Lipinski definition) is 5. The van der Waals surface area contributed by atoms with Crippen LogP contribution in [0.15, 0.2) is 36.4 Å². The van der Waals surface area contributed by atoms with Gasteiger partial charge in [-0.3, -0.25) is 4.79 Å². The second-order valence-electron chi connectivity index (χ2n) is 7.89. The van der Waals surface area contributed by atoms with Gasteiger partial charge in [-0.2, -0.15) is 0 Å². The highest BCUT2D eigenvalue weighted by Crippen LogP contribution is 2.21. The maximum Gasteiger partial charge on any atom is 0.251 e. The number of rotatable bonds is 4. The molecular weight excluding hydrogens is 386 g/mol. The molecule has 0 bridgehead atoms. The lowest BCUT2D eigenvalue weighted by atomic mass is 10.0. The SMILES string of the molecule is O=C(NC1CCN(c2ccc(N3CCCCCC3)nn2)CC1)c1ccc(Cl)cc1. The Morgan fingerprint density at radius 3 is 1.93 bits per heavy atom. The van der Waals surface area contributed by atoms with Crippen LogP contribution in [0.3, 0.4) is 0 Å². The largest absolute Gasteiger partial charge is 0.355 e. The zero-order chi connectivity index (χ0) is 20.1. The molecule has 0 spiro atoms. The van der Waals surface area contributed by atoms with Crippen molar-refractivity contribution in [3.63, 3.8) is 0 Å². The summed E-state index contributed by atoms with van der Waals surface area (Å²) in [7, 11) is 0. The van der Waals surface area contributed by atoms with Gasteiger partial charge < -0.3 is 15.1 Å². The molecule has 1 aromatic heterocycles. The van der Waals surface area contributed by atoms with Crippen LogP contribution >= 0.6 is 11.6 Å². The van der Waals surface area contributed by atoms with E-state index in [1.807, 2.05) is 0 Å². The van der Waals surface area contributed by atoms with Gasteiger partial charge in [0.25, 0.3) is 5.91 Å². The first kappa shape index (κ1) is 20.0. The van der Waals surface area contributed by atoms with E-state index in [2.05, 4.69) is 37.4 Å². The molecule has 7 heteroatoms. The monoisotopic (exact) mass is 413 g/mol. The lowest BCUT2D eigenvalue weighted by Gasteiger charge is -2.33. The van der Waals surface area contributed by atoms with Gasteiger partial charge in [0.05, 0.1) is 0 Å². The topological polar surface area (TPSA) is 61.4 Å². The van der Waals surface area contributed by atoms with Crippen molar-refractivity contribution in [2.24, 2.45) is 0 Å². The molecular formula is C22H28ClN5O. The van der Waals surface area contributed by atoms with Crippen molar-refractivity contribution < 1.29 is 4.79 Å². The minimum atomic E-state index is -0.0401. The van der Waals surface area contributed by atoms with Gasteiger partial charge >= 0.3 is 0 Å². The standard InChI is InChI=1S/C22H28ClN5O/c23-18-7-5-17(6-8-18)22(29)24-19-11-15-28(16-12-19)21-10-9-20(25-26-21)27-13-3-1-2-4-14-27/h5-10,19H,1-4,11-16H2,(H,24,29). The summed E-state index contributed by atoms with van der Waals surface area (Å²) >= 11 is 5.89. The first-order chi connectivity index (χ1) is 14.2. The van der Waals surface area contributed by atoms with Crippen molar-refractivity contribution in [1.29, 1.82) is 0 Å². The minimum absolute atomic E-state index is 0.0401. The van der Waals surface area contributed by atoms with Crippen molar-refractivity contribution in [2.45, 2.75) is 44.6 Å². The maximum absolute atomic E-state index is 12.4. The van der Waals surface area contributed by atoms with E-state index >= 15 is 0 Å². The summed E-state index contributed by atoms with van der Waals surface area (Å²) in [4.78, 5) is 17.0. The number of nitrogens with zero attached hydrogens (tertiary/aromatic N) is 4. The molecule has 154 valence electrons. The third-order valence-electron chi connectivity index (χ3n) is 5.83. The predicted molar refractivity (Wildman–Crippen MR) is 117 cm³/mol. The van der Waals surface area contributed by atoms with E-state index in [0.29, 0.717) is 10.6 Å². The quantitative estimate of drug-likeness (QED) is 0.823. The number of benzene rings is 1. The summed E-state index contributed by atoms with van der Waals surface area (Å²) in [6.07, 6.45) is 6.89. The molecule has 1 amide bonds. The van der Waals surface area contributed by atoms with Gasteiger partial charge in [-0.1, -0.05) is 24.4 Å². The first-order valence-electron chi connectivity index (χ1n) is 10.6. The van der Waals surface area contributed by atoms with E-state index in [4.69, 9.17) is 11.6 Å². The Hall–Kier alpha value is -2.34. The number of aromatic nitrogens is 2. The average Bonchev–Trinajstić information content (AvgIpc) is 3.04. The highest BCUT2D eigenvalue weighted by molar-refractivity contribution is 6.30. The van der Waals surface area contributed by atoms with Crippen LogP contribution in [0.1, 0.15) is 48.9 Å². The molecule has 2 fully saturated rings. The van der Waals surface area contributed by atoms with Gasteiger partial charge in [-0.15, -0.1) is 10.2 Å². The Morgan fingerprint density at radius 2 is 1.38 bits per heavy atom. The van der Waals surface area contributed by atoms with Crippen LogP contribution in [0.2, 0.25) is 5.02 Å². The average molecular weight is 414 g/mol. The summed E-state index contributed by atoms with van der Waals surface area (Å²) in [5, 5.41) is 12.7. The fraction of sp³-hybridized carbons (Fsp3) is 0.500. The Bertz CT molecular complexity index is 795. The number of carbonyl (C=O) groups is 1. The number of halogens is 1. The minimum Gasteiger partial charge on any atom is -0.355 e. The van der Waals surface area contributed by atoms with Crippen LogP contribution < -0.4 is 15.1 Å². The van der Waals surface area contributed by atoms with E-state index < -0.39 is 0 Å². The molecule has 2 aromatic rings. The Balaban J connectivity index is 1.29. The van der Waals surface area contributed by atoms with E-state index in [-0.39, 0.29) is 11.9 Å². The van der Waals surface area contributed by atoms with Gasteiger partial charge in [-0.05, 0) is 62.1 Å². The van der Waals surface area contributed by atoms with Crippen LogP contribution in [-0.4, -0.2) is 48.3 Å². The van der Waals surface area contributed by atoms with Gasteiger partial charge in [0.2, 0.25) is 0 Å². The Kier molecular flexibility index (Phi) is 6.49. The van der Waals surface area contributed by atoms with Crippen LogP contribution in [-0.2, 0) is 0 Å². The first-order valence-corrected chi connectivity index (χ1v) is 11.0. The van der Waals surface area contributed by atoms with Crippen LogP contribution in [0.25, 0.3) is 0 Å². The smallest absolute Gasteiger partial charge is 0.251 e. The molecule has 0 atom stereocenters. The van der Waals surface area contributed by atoms with E-state index in [9.17, 15) is 4.79 Å². The highest BCUT2D eigenvalue weighted by Gasteiger charge is 2.22. The molecule has 1 aromatic carbocycles. The summed E-state index contributed by atoms with van der Waals surface area (Å²) in [5.74, 6) is 1.87. The number of piperidine rings is 1. The second-order valence-corrected chi connectivity index (χ2v) is 8.33. The fourth-order valence-electron chi connectivity index (χ4n) is 4.08. The lowest BCUT2D eigenvalue weighted by molar-refractivity contribution is 0.0931. The predicted octanol–water partition coefficient (Wildman–Crippen LogP) is 3.91. The molecule has 3 heterocycles. The zero-order valence-electron chi connectivity index (χ0n) is 16.7. The molecule has 6 nitrogen and oxygen atoms in total. The molecule has 2 aliphatic rings. The van der Waals surface area contributed by atoms with E-state index in [1.54, 1.807) is 24.3 Å². The molecule has 1 N–H and O–H groups in total. The Labute approximate surface area is 177 Å². The second kappa shape index (κ2) is 9.44. The number of nitrogens with one attached hydrogen (secondary N) is 1. The molecule has 0 radical (unpaired) electrons. The highest BCUT2D eigenvalue weighted by atomic mass is 35.5. The lowest BCUT2D eigenvalue weighted by Crippen LogP contribution is -2.45. The van der Waals surface area contributed by atoms with Crippen molar-refractivity contribution >= 4 is 29.1 Å². The van der Waals surface area contributed by atoms with Crippen molar-refractivity contribution in [1.82, 2.24) is 15.5 Å². The van der Waals surface area contributed by atoms with Crippen LogP contribution in [0.4, 0.5) is 11.6 Å². The van der Waals surface area contributed by atoms with Gasteiger partial charge in [0.15, 0.2) is 11.6 Å². The number of hydrogen-bond donors (Lipinski definition) is 1. The van der Waals surface area contributed by atoms with Gasteiger partial charge in [0, 0.05) is 42.8 Å². The van der Waals surface area contributed by atoms with Crippen LogP contribution in [0, 0.1) is 0 Å². The number of carbonyl (C=O) groups excluding carboxylic acids is 1. The summed E-state index contributed by atoms with van der Waals surface area (Å²) in [6.45, 7) is 3.88. The molecule has 0 saturated carbocycles. The third-order valence-corrected chi connectivity index (χ3v) is 6.08. The van der Waals surface area contributed by atoms with Gasteiger partial charge in [0.1, 0.15) is 0 Å². The van der Waals surface area contributed by atoms with Crippen molar-refractivity contribution in [3.05, 3.63) is 47.0 Å². The van der Waals surface area contributed by atoms with Crippen molar-refractivity contribution in [3.8, 4) is 0 Å². The summed E-state index contributed by atoms with van der Waals surface area (Å²) < 4.78 is 0. The number of amides is 1. The van der Waals surface area contributed by atoms with Gasteiger partial charge in [-0.25, -0.2) is 0 Å². The van der Waals surface area contributed by atoms with Crippen LogP contribution in [0.5, 0.6) is 0 Å². The molecule has 4 rings (SSSR count). The number of anilines is 2. The molecule has 0 aliphatic carbocycles. The molecule has 0 unspecified atom stereocenters. The third kappa shape index (κ3) is 5.18. The van der Waals surface area contributed by atoms with E-state index in [0.717, 1.165) is 50.7 Å². The summed E-state index contributed by atoms with van der Waals surface area (Å²) in [6, 6.07) is 11.4. The van der Waals surface area contributed by atoms with E-state index in [1.165, 1.54) is 25.7 Å². The molecule has 29 heavy (non-hydrogen) atoms. The normalized spacial score (nSPS) is 18.4. The fourth-order valence-corrected chi connectivity index (χ4v) is 4.20. The summed E-state index contributed by atoms with van der Waals surface area (Å²) in [5.41, 5.74) is 0.645. The zero-order valence-corrected chi connectivity index (χ0v) is 17.4. The maximum atomic E-state index is 12.4.